The van der Waals surface area contributed by atoms with Crippen LogP contribution < -0.4 is 5.32 Å². The van der Waals surface area contributed by atoms with Gasteiger partial charge in [0.2, 0.25) is 15.9 Å². The third-order valence-corrected chi connectivity index (χ3v) is 6.43. The first-order valence-corrected chi connectivity index (χ1v) is 10.1. The Hall–Kier alpha value is -2.25. The first-order valence-electron chi connectivity index (χ1n) is 8.61. The van der Waals surface area contributed by atoms with E-state index in [0.29, 0.717) is 0 Å². The number of halogens is 1. The van der Waals surface area contributed by atoms with Crippen LogP contribution in [0.25, 0.3) is 0 Å². The molecule has 0 heterocycles. The molecule has 7 heteroatoms. The molecule has 0 spiro atoms. The predicted octanol–water partition coefficient (Wildman–Crippen LogP) is 3.25. The molecule has 0 fully saturated rings. The molecule has 0 aromatic heterocycles. The average Bonchev–Trinajstić information content (AvgIpc) is 2.58. The van der Waals surface area contributed by atoms with Gasteiger partial charge in [-0.25, -0.2) is 12.8 Å². The number of carbonyl (C=O) groups excluding carboxylic acids is 1. The van der Waals surface area contributed by atoms with Crippen molar-refractivity contribution in [2.24, 2.45) is 0 Å². The molecule has 0 saturated heterocycles. The SMILES string of the molecule is Cc1cc(C)c(C(C)NC(=O)CN(C)S(=O)(=O)c2ccc(F)cc2)cc1C. The summed E-state index contributed by atoms with van der Waals surface area (Å²) in [5, 5.41) is 2.84. The molecule has 0 aliphatic carbocycles. The predicted molar refractivity (Wildman–Crippen MR) is 103 cm³/mol. The van der Waals surface area contributed by atoms with Gasteiger partial charge in [-0.05, 0) is 74.2 Å². The summed E-state index contributed by atoms with van der Waals surface area (Å²) in [6.45, 7) is 7.56. The molecule has 1 unspecified atom stereocenters. The largest absolute Gasteiger partial charge is 0.348 e. The average molecular weight is 392 g/mol. The first-order chi connectivity index (χ1) is 12.5. The number of hydrogen-bond acceptors (Lipinski definition) is 3. The van der Waals surface area contributed by atoms with Crippen molar-refractivity contribution in [2.75, 3.05) is 13.6 Å². The van der Waals surface area contributed by atoms with Crippen LogP contribution in [-0.4, -0.2) is 32.2 Å². The summed E-state index contributed by atoms with van der Waals surface area (Å²) in [7, 11) is -2.54. The molecule has 2 rings (SSSR count). The van der Waals surface area contributed by atoms with Crippen LogP contribution in [0.1, 0.15) is 35.2 Å². The lowest BCUT2D eigenvalue weighted by molar-refractivity contribution is -0.121. The van der Waals surface area contributed by atoms with Crippen LogP contribution in [0.3, 0.4) is 0 Å². The fraction of sp³-hybridized carbons (Fsp3) is 0.350. The van der Waals surface area contributed by atoms with Crippen molar-refractivity contribution in [2.45, 2.75) is 38.6 Å². The fourth-order valence-electron chi connectivity index (χ4n) is 2.89. The van der Waals surface area contributed by atoms with Crippen molar-refractivity contribution in [1.29, 1.82) is 0 Å². The highest BCUT2D eigenvalue weighted by Gasteiger charge is 2.24. The lowest BCUT2D eigenvalue weighted by Gasteiger charge is -2.21. The molecule has 1 N–H and O–H groups in total. The Morgan fingerprint density at radius 1 is 1.07 bits per heavy atom. The van der Waals surface area contributed by atoms with Crippen LogP contribution in [0.15, 0.2) is 41.3 Å². The van der Waals surface area contributed by atoms with E-state index in [2.05, 4.69) is 11.4 Å². The Kier molecular flexibility index (Phi) is 6.38. The number of benzene rings is 2. The molecular weight excluding hydrogens is 367 g/mol. The minimum absolute atomic E-state index is 0.0581. The topological polar surface area (TPSA) is 66.5 Å². The van der Waals surface area contributed by atoms with Gasteiger partial charge in [0.1, 0.15) is 5.82 Å². The van der Waals surface area contributed by atoms with Crippen molar-refractivity contribution in [3.8, 4) is 0 Å². The Morgan fingerprint density at radius 3 is 2.22 bits per heavy atom. The molecule has 0 saturated carbocycles. The van der Waals surface area contributed by atoms with E-state index < -0.39 is 21.7 Å². The molecule has 0 aliphatic rings. The highest BCUT2D eigenvalue weighted by molar-refractivity contribution is 7.89. The van der Waals surface area contributed by atoms with E-state index >= 15 is 0 Å². The monoisotopic (exact) mass is 392 g/mol. The normalized spacial score (nSPS) is 12.9. The minimum atomic E-state index is -3.87. The summed E-state index contributed by atoms with van der Waals surface area (Å²) in [6, 6.07) is 8.36. The van der Waals surface area contributed by atoms with Gasteiger partial charge in [-0.2, -0.15) is 4.31 Å². The van der Waals surface area contributed by atoms with Crippen molar-refractivity contribution in [1.82, 2.24) is 9.62 Å². The maximum absolute atomic E-state index is 13.0. The van der Waals surface area contributed by atoms with E-state index in [0.717, 1.165) is 33.1 Å². The van der Waals surface area contributed by atoms with Gasteiger partial charge in [0.05, 0.1) is 17.5 Å². The Balaban J connectivity index is 2.08. The second-order valence-corrected chi connectivity index (χ2v) is 8.84. The minimum Gasteiger partial charge on any atom is -0.348 e. The van der Waals surface area contributed by atoms with E-state index in [1.807, 2.05) is 33.8 Å². The number of sulfonamides is 1. The molecular formula is C20H25FN2O3S. The van der Waals surface area contributed by atoms with Gasteiger partial charge in [0, 0.05) is 7.05 Å². The Labute approximate surface area is 160 Å². The fourth-order valence-corrected chi connectivity index (χ4v) is 4.02. The summed E-state index contributed by atoms with van der Waals surface area (Å²) in [4.78, 5) is 12.3. The molecule has 2 aromatic carbocycles. The molecule has 5 nitrogen and oxygen atoms in total. The van der Waals surface area contributed by atoms with Crippen molar-refractivity contribution < 1.29 is 17.6 Å². The molecule has 1 amide bonds. The lowest BCUT2D eigenvalue weighted by Crippen LogP contribution is -2.39. The standard InChI is InChI=1S/C20H25FN2O3S/c1-13-10-15(3)19(11-14(13)2)16(4)22-20(24)12-23(5)27(25,26)18-8-6-17(21)7-9-18/h6-11,16H,12H2,1-5H3,(H,22,24). The van der Waals surface area contributed by atoms with Gasteiger partial charge < -0.3 is 5.32 Å². The van der Waals surface area contributed by atoms with E-state index in [4.69, 9.17) is 0 Å². The number of nitrogens with one attached hydrogen (secondary N) is 1. The van der Waals surface area contributed by atoms with Crippen molar-refractivity contribution >= 4 is 15.9 Å². The van der Waals surface area contributed by atoms with E-state index in [9.17, 15) is 17.6 Å². The van der Waals surface area contributed by atoms with E-state index in [1.54, 1.807) is 0 Å². The zero-order valence-electron chi connectivity index (χ0n) is 16.2. The number of likely N-dealkylation sites (N-methyl/N-ethyl adjacent to an activating group) is 1. The van der Waals surface area contributed by atoms with Crippen LogP contribution >= 0.6 is 0 Å². The molecule has 2 aromatic rings. The van der Waals surface area contributed by atoms with E-state index in [-0.39, 0.29) is 17.5 Å². The molecule has 0 radical (unpaired) electrons. The van der Waals surface area contributed by atoms with Crippen LogP contribution in [-0.2, 0) is 14.8 Å². The van der Waals surface area contributed by atoms with Crippen molar-refractivity contribution in [3.63, 3.8) is 0 Å². The van der Waals surface area contributed by atoms with Crippen LogP contribution in [0.2, 0.25) is 0 Å². The second-order valence-electron chi connectivity index (χ2n) is 6.80. The van der Waals surface area contributed by atoms with Crippen LogP contribution in [0, 0.1) is 26.6 Å². The molecule has 0 bridgehead atoms. The van der Waals surface area contributed by atoms with Gasteiger partial charge >= 0.3 is 0 Å². The van der Waals surface area contributed by atoms with Gasteiger partial charge in [0.25, 0.3) is 0 Å². The Morgan fingerprint density at radius 2 is 1.63 bits per heavy atom. The maximum atomic E-state index is 13.0. The van der Waals surface area contributed by atoms with Gasteiger partial charge in [-0.1, -0.05) is 12.1 Å². The zero-order chi connectivity index (χ0) is 20.4. The highest BCUT2D eigenvalue weighted by Crippen LogP contribution is 2.22. The second kappa shape index (κ2) is 8.19. The number of amides is 1. The quantitative estimate of drug-likeness (QED) is 0.821. The lowest BCUT2D eigenvalue weighted by atomic mass is 9.96. The van der Waals surface area contributed by atoms with Crippen LogP contribution in [0.5, 0.6) is 0 Å². The number of nitrogens with zero attached hydrogens (tertiary/aromatic N) is 1. The molecule has 1 atom stereocenters. The highest BCUT2D eigenvalue weighted by atomic mass is 32.2. The first kappa shape index (κ1) is 21.1. The van der Waals surface area contributed by atoms with E-state index in [1.165, 1.54) is 24.7 Å². The smallest absolute Gasteiger partial charge is 0.243 e. The van der Waals surface area contributed by atoms with Gasteiger partial charge in [-0.3, -0.25) is 4.79 Å². The number of rotatable bonds is 6. The summed E-state index contributed by atoms with van der Waals surface area (Å²) >= 11 is 0. The summed E-state index contributed by atoms with van der Waals surface area (Å²) in [5.41, 5.74) is 4.38. The maximum Gasteiger partial charge on any atom is 0.243 e. The van der Waals surface area contributed by atoms with Gasteiger partial charge in [0.15, 0.2) is 0 Å². The zero-order valence-corrected chi connectivity index (χ0v) is 17.0. The summed E-state index contributed by atoms with van der Waals surface area (Å²) in [5.74, 6) is -0.930. The summed E-state index contributed by atoms with van der Waals surface area (Å²) < 4.78 is 38.9. The molecule has 146 valence electrons. The number of aryl methyl sites for hydroxylation is 3. The molecule has 27 heavy (non-hydrogen) atoms. The van der Waals surface area contributed by atoms with Crippen LogP contribution in [0.4, 0.5) is 4.39 Å². The van der Waals surface area contributed by atoms with Gasteiger partial charge in [-0.15, -0.1) is 0 Å². The number of hydrogen-bond donors (Lipinski definition) is 1. The summed E-state index contributed by atoms with van der Waals surface area (Å²) in [6.07, 6.45) is 0. The number of carbonyl (C=O) groups is 1. The molecule has 0 aliphatic heterocycles. The third kappa shape index (κ3) is 4.93. The Bertz CT molecular complexity index is 940. The third-order valence-electron chi connectivity index (χ3n) is 4.61. The van der Waals surface area contributed by atoms with Crippen molar-refractivity contribution in [3.05, 3.63) is 64.5 Å².